The largest absolute Gasteiger partial charge is 0.303 e. The Morgan fingerprint density at radius 3 is 2.63 bits per heavy atom. The summed E-state index contributed by atoms with van der Waals surface area (Å²) in [5.74, 6) is 2.06. The van der Waals surface area contributed by atoms with Crippen LogP contribution in [0.3, 0.4) is 0 Å². The van der Waals surface area contributed by atoms with E-state index in [0.29, 0.717) is 17.7 Å². The van der Waals surface area contributed by atoms with E-state index < -0.39 is 0 Å². The van der Waals surface area contributed by atoms with Crippen molar-refractivity contribution in [1.29, 1.82) is 0 Å². The third kappa shape index (κ3) is 3.52. The average molecular weight is 456 g/mol. The normalized spacial score (nSPS) is 21.3. The summed E-state index contributed by atoms with van der Waals surface area (Å²) in [5, 5.41) is 20.4. The number of hydrazone groups is 1. The van der Waals surface area contributed by atoms with Crippen molar-refractivity contribution < 1.29 is 4.79 Å². The molecule has 9 heteroatoms. The molecular weight excluding hydrogens is 434 g/mol. The second-order valence-electron chi connectivity index (χ2n) is 8.00. The van der Waals surface area contributed by atoms with Crippen molar-refractivity contribution in [1.82, 2.24) is 19.8 Å². The Morgan fingerprint density at radius 1 is 1.10 bits per heavy atom. The average Bonchev–Trinajstić information content (AvgIpc) is 3.49. The van der Waals surface area contributed by atoms with Crippen LogP contribution in [0.15, 0.2) is 45.3 Å². The van der Waals surface area contributed by atoms with Crippen molar-refractivity contribution in [2.24, 2.45) is 5.10 Å². The minimum atomic E-state index is -0.0153. The molecule has 3 aromatic heterocycles. The molecule has 3 aliphatic rings. The van der Waals surface area contributed by atoms with E-state index >= 15 is 0 Å². The molecular formula is C21H21N5OS3. The Bertz CT molecular complexity index is 1080. The first-order chi connectivity index (χ1) is 14.8. The number of amides is 1. The molecule has 2 fully saturated rings. The SMILES string of the molecule is O=C(CSc1nnc(C2CC2)n1C1CC1)N1N=C(c2cccs2)CC1c1cccs1. The van der Waals surface area contributed by atoms with E-state index in [1.807, 2.05) is 12.1 Å². The molecule has 1 atom stereocenters. The summed E-state index contributed by atoms with van der Waals surface area (Å²) in [7, 11) is 0. The van der Waals surface area contributed by atoms with E-state index in [1.54, 1.807) is 27.7 Å². The van der Waals surface area contributed by atoms with E-state index in [-0.39, 0.29) is 11.9 Å². The Balaban J connectivity index is 1.22. The molecule has 6 rings (SSSR count). The summed E-state index contributed by atoms with van der Waals surface area (Å²) in [4.78, 5) is 15.6. The number of nitrogens with zero attached hydrogens (tertiary/aromatic N) is 5. The first-order valence-electron chi connectivity index (χ1n) is 10.3. The molecule has 2 aliphatic carbocycles. The molecule has 3 aromatic rings. The predicted octanol–water partition coefficient (Wildman–Crippen LogP) is 5.08. The van der Waals surface area contributed by atoms with Crippen LogP contribution in [0.1, 0.15) is 65.7 Å². The smallest absolute Gasteiger partial charge is 0.253 e. The molecule has 0 saturated heterocycles. The summed E-state index contributed by atoms with van der Waals surface area (Å²) in [5.41, 5.74) is 0.999. The summed E-state index contributed by atoms with van der Waals surface area (Å²) in [6.45, 7) is 0. The number of aromatic nitrogens is 3. The van der Waals surface area contributed by atoms with Gasteiger partial charge in [0, 0.05) is 23.3 Å². The standard InChI is InChI=1S/C21H21N5OS3/c27-19(12-30-21-23-22-20(13-5-6-13)25(21)14-7-8-14)26-16(18-4-2-10-29-18)11-15(24-26)17-3-1-9-28-17/h1-4,9-10,13-14,16H,5-8,11-12H2. The van der Waals surface area contributed by atoms with Gasteiger partial charge in [0.25, 0.3) is 5.91 Å². The van der Waals surface area contributed by atoms with E-state index in [1.165, 1.54) is 42.3 Å². The Morgan fingerprint density at radius 2 is 1.93 bits per heavy atom. The molecule has 1 aliphatic heterocycles. The second-order valence-corrected chi connectivity index (χ2v) is 10.9. The number of thiophene rings is 2. The molecule has 0 radical (unpaired) electrons. The minimum Gasteiger partial charge on any atom is -0.303 e. The van der Waals surface area contributed by atoms with Crippen LogP contribution in [-0.2, 0) is 4.79 Å². The second kappa shape index (κ2) is 7.62. The molecule has 154 valence electrons. The van der Waals surface area contributed by atoms with Crippen LogP contribution in [-0.4, -0.2) is 37.1 Å². The first-order valence-corrected chi connectivity index (χ1v) is 13.1. The topological polar surface area (TPSA) is 63.4 Å². The highest BCUT2D eigenvalue weighted by atomic mass is 32.2. The summed E-state index contributed by atoms with van der Waals surface area (Å²) < 4.78 is 2.30. The predicted molar refractivity (Wildman–Crippen MR) is 120 cm³/mol. The van der Waals surface area contributed by atoms with Crippen LogP contribution in [0.25, 0.3) is 0 Å². The van der Waals surface area contributed by atoms with Gasteiger partial charge in [-0.2, -0.15) is 5.10 Å². The molecule has 0 bridgehead atoms. The van der Waals surface area contributed by atoms with Crippen molar-refractivity contribution in [3.05, 3.63) is 50.6 Å². The maximum Gasteiger partial charge on any atom is 0.253 e. The number of thioether (sulfide) groups is 1. The van der Waals surface area contributed by atoms with Gasteiger partial charge in [-0.05, 0) is 48.6 Å². The molecule has 2 saturated carbocycles. The summed E-state index contributed by atoms with van der Waals surface area (Å²) >= 11 is 4.87. The molecule has 4 heterocycles. The zero-order chi connectivity index (χ0) is 20.1. The van der Waals surface area contributed by atoms with Crippen molar-refractivity contribution >= 4 is 46.1 Å². The lowest BCUT2D eigenvalue weighted by molar-refractivity contribution is -0.130. The number of carbonyl (C=O) groups is 1. The highest BCUT2D eigenvalue weighted by Gasteiger charge is 2.37. The summed E-state index contributed by atoms with van der Waals surface area (Å²) in [6, 6.07) is 8.76. The monoisotopic (exact) mass is 455 g/mol. The van der Waals surface area contributed by atoms with E-state index in [2.05, 4.69) is 37.7 Å². The maximum absolute atomic E-state index is 13.2. The molecule has 1 unspecified atom stereocenters. The van der Waals surface area contributed by atoms with Gasteiger partial charge in [-0.25, -0.2) is 5.01 Å². The van der Waals surface area contributed by atoms with Gasteiger partial charge in [-0.1, -0.05) is 23.9 Å². The Hall–Kier alpha value is -1.97. The molecule has 30 heavy (non-hydrogen) atoms. The van der Waals surface area contributed by atoms with Crippen LogP contribution in [0.5, 0.6) is 0 Å². The lowest BCUT2D eigenvalue weighted by Crippen LogP contribution is -2.28. The van der Waals surface area contributed by atoms with Gasteiger partial charge in [0.15, 0.2) is 5.16 Å². The van der Waals surface area contributed by atoms with Crippen LogP contribution in [0.2, 0.25) is 0 Å². The van der Waals surface area contributed by atoms with Gasteiger partial charge in [0.1, 0.15) is 5.82 Å². The molecule has 0 N–H and O–H groups in total. The third-order valence-electron chi connectivity index (χ3n) is 5.71. The Labute approximate surface area is 187 Å². The zero-order valence-electron chi connectivity index (χ0n) is 16.3. The van der Waals surface area contributed by atoms with Gasteiger partial charge >= 0.3 is 0 Å². The highest BCUT2D eigenvalue weighted by Crippen LogP contribution is 2.46. The van der Waals surface area contributed by atoms with Crippen LogP contribution in [0, 0.1) is 0 Å². The highest BCUT2D eigenvalue weighted by molar-refractivity contribution is 7.99. The van der Waals surface area contributed by atoms with Crippen molar-refractivity contribution in [2.75, 3.05) is 5.75 Å². The van der Waals surface area contributed by atoms with E-state index in [4.69, 9.17) is 5.10 Å². The number of hydrogen-bond acceptors (Lipinski definition) is 7. The fourth-order valence-corrected chi connectivity index (χ4v) is 6.31. The number of carbonyl (C=O) groups excluding carboxylic acids is 1. The lowest BCUT2D eigenvalue weighted by atomic mass is 10.1. The third-order valence-corrected chi connectivity index (χ3v) is 8.53. The van der Waals surface area contributed by atoms with Gasteiger partial charge in [0.05, 0.1) is 22.4 Å². The molecule has 1 amide bonds. The van der Waals surface area contributed by atoms with Crippen LogP contribution < -0.4 is 0 Å². The summed E-state index contributed by atoms with van der Waals surface area (Å²) in [6.07, 6.45) is 5.58. The minimum absolute atomic E-state index is 0.0153. The Kier molecular flexibility index (Phi) is 4.77. The van der Waals surface area contributed by atoms with Gasteiger partial charge < -0.3 is 4.57 Å². The van der Waals surface area contributed by atoms with Crippen LogP contribution in [0.4, 0.5) is 0 Å². The molecule has 0 spiro atoms. The van der Waals surface area contributed by atoms with Crippen molar-refractivity contribution in [3.63, 3.8) is 0 Å². The van der Waals surface area contributed by atoms with Gasteiger partial charge in [-0.15, -0.1) is 32.9 Å². The first kappa shape index (κ1) is 18.8. The van der Waals surface area contributed by atoms with Crippen molar-refractivity contribution in [2.45, 2.75) is 55.3 Å². The fraction of sp³-hybridized carbons (Fsp3) is 0.429. The van der Waals surface area contributed by atoms with Gasteiger partial charge in [0.2, 0.25) is 0 Å². The molecule has 6 nitrogen and oxygen atoms in total. The van der Waals surface area contributed by atoms with Crippen LogP contribution >= 0.6 is 34.4 Å². The quantitative estimate of drug-likeness (QED) is 0.466. The zero-order valence-corrected chi connectivity index (χ0v) is 18.8. The molecule has 0 aromatic carbocycles. The number of rotatable bonds is 7. The van der Waals surface area contributed by atoms with E-state index in [0.717, 1.165) is 28.0 Å². The van der Waals surface area contributed by atoms with Crippen molar-refractivity contribution in [3.8, 4) is 0 Å². The van der Waals surface area contributed by atoms with E-state index in [9.17, 15) is 4.79 Å². The number of hydrogen-bond donors (Lipinski definition) is 0. The maximum atomic E-state index is 13.2. The van der Waals surface area contributed by atoms with Gasteiger partial charge in [-0.3, -0.25) is 4.79 Å². The fourth-order valence-electron chi connectivity index (χ4n) is 3.91. The lowest BCUT2D eigenvalue weighted by Gasteiger charge is -2.20.